The Morgan fingerprint density at radius 2 is 1.91 bits per heavy atom. The fourth-order valence-electron chi connectivity index (χ4n) is 6.47. The number of aryl methyl sites for hydroxylation is 1. The summed E-state index contributed by atoms with van der Waals surface area (Å²) in [6.45, 7) is 6.40. The Kier molecular flexibility index (Phi) is 4.12. The molecule has 4 aromatic rings. The van der Waals surface area contributed by atoms with Gasteiger partial charge in [-0.1, -0.05) is 31.2 Å². The number of rotatable bonds is 4. The number of likely N-dealkylation sites (tertiary alicyclic amines) is 1. The van der Waals surface area contributed by atoms with E-state index in [4.69, 9.17) is 4.42 Å². The molecule has 0 radical (unpaired) electrons. The normalized spacial score (nSPS) is 24.4. The number of amides is 1. The van der Waals surface area contributed by atoms with Crippen LogP contribution < -0.4 is 0 Å². The van der Waals surface area contributed by atoms with Crippen LogP contribution >= 0.6 is 0 Å². The van der Waals surface area contributed by atoms with Gasteiger partial charge in [0.25, 0.3) is 5.91 Å². The molecule has 7 rings (SSSR count). The third-order valence-electron chi connectivity index (χ3n) is 8.64. The zero-order valence-electron chi connectivity index (χ0n) is 19.4. The van der Waals surface area contributed by atoms with E-state index in [0.717, 1.165) is 59.0 Å². The van der Waals surface area contributed by atoms with Crippen molar-refractivity contribution in [3.8, 4) is 11.5 Å². The minimum atomic E-state index is 0.161. The quantitative estimate of drug-likeness (QED) is 0.358. The first-order valence-electron chi connectivity index (χ1n) is 12.5. The second kappa shape index (κ2) is 6.99. The number of carbonyl (C=O) groups excluding carboxylic acids is 1. The molecular weight excluding hydrogens is 408 g/mol. The number of carbonyl (C=O) groups is 1. The van der Waals surface area contributed by atoms with Crippen LogP contribution in [0.5, 0.6) is 0 Å². The third kappa shape index (κ3) is 2.92. The van der Waals surface area contributed by atoms with E-state index in [2.05, 4.69) is 59.7 Å². The number of hydrogen-bond acceptors (Lipinski definition) is 2. The van der Waals surface area contributed by atoms with Crippen LogP contribution in [0.3, 0.4) is 0 Å². The molecule has 3 aliphatic rings. The largest absolute Gasteiger partial charge is 0.454 e. The summed E-state index contributed by atoms with van der Waals surface area (Å²) in [7, 11) is 0. The lowest BCUT2D eigenvalue weighted by molar-refractivity contribution is 0.0696. The molecule has 4 nitrogen and oxygen atoms in total. The summed E-state index contributed by atoms with van der Waals surface area (Å²) < 4.78 is 8.94. The average molecular weight is 439 g/mol. The van der Waals surface area contributed by atoms with Crippen molar-refractivity contribution in [1.29, 1.82) is 0 Å². The van der Waals surface area contributed by atoms with Gasteiger partial charge in [0, 0.05) is 46.5 Å². The number of para-hydroxylation sites is 1. The Morgan fingerprint density at radius 1 is 1.06 bits per heavy atom. The van der Waals surface area contributed by atoms with Crippen molar-refractivity contribution in [1.82, 2.24) is 9.47 Å². The van der Waals surface area contributed by atoms with Gasteiger partial charge in [-0.25, -0.2) is 0 Å². The molecule has 4 heteroatoms. The van der Waals surface area contributed by atoms with E-state index in [1.807, 2.05) is 12.1 Å². The predicted octanol–water partition coefficient (Wildman–Crippen LogP) is 6.64. The molecule has 3 unspecified atom stereocenters. The maximum atomic E-state index is 13.4. The highest BCUT2D eigenvalue weighted by molar-refractivity contribution is 6.00. The van der Waals surface area contributed by atoms with Crippen molar-refractivity contribution in [3.63, 3.8) is 0 Å². The second-order valence-electron chi connectivity index (χ2n) is 10.6. The van der Waals surface area contributed by atoms with Gasteiger partial charge in [0.2, 0.25) is 0 Å². The highest BCUT2D eigenvalue weighted by Gasteiger charge is 2.46. The standard InChI is InChI=1S/C29H30N2O2/c1-17-22-10-12-24(17)31(16-22)29(32)21-9-11-23-18(2)28(33-27(23)14-21)26-13-20-5-3-4-6-25(20)30(26)15-19-7-8-19/h3-6,9,11,13-14,17,19,22,24H,7-8,10,12,15-16H2,1-2H3. The van der Waals surface area contributed by atoms with E-state index >= 15 is 0 Å². The van der Waals surface area contributed by atoms with E-state index in [-0.39, 0.29) is 5.91 Å². The maximum Gasteiger partial charge on any atom is 0.254 e. The highest BCUT2D eigenvalue weighted by Crippen LogP contribution is 2.43. The fraction of sp³-hybridized carbons (Fsp3) is 0.414. The highest BCUT2D eigenvalue weighted by atomic mass is 16.3. The molecule has 3 heterocycles. The van der Waals surface area contributed by atoms with Gasteiger partial charge in [0.1, 0.15) is 5.58 Å². The summed E-state index contributed by atoms with van der Waals surface area (Å²) in [5, 5.41) is 2.35. The van der Waals surface area contributed by atoms with Gasteiger partial charge in [-0.05, 0) is 74.6 Å². The first kappa shape index (κ1) is 19.5. The molecule has 0 spiro atoms. The Morgan fingerprint density at radius 3 is 2.67 bits per heavy atom. The summed E-state index contributed by atoms with van der Waals surface area (Å²) in [5.74, 6) is 3.17. The number of fused-ring (bicyclic) bond motifs is 4. The molecule has 2 aromatic heterocycles. The minimum Gasteiger partial charge on any atom is -0.454 e. The summed E-state index contributed by atoms with van der Waals surface area (Å²) in [6, 6.07) is 17.3. The summed E-state index contributed by atoms with van der Waals surface area (Å²) in [6.07, 6.45) is 5.04. The van der Waals surface area contributed by atoms with Crippen LogP contribution in [0.4, 0.5) is 0 Å². The van der Waals surface area contributed by atoms with E-state index in [9.17, 15) is 4.79 Å². The summed E-state index contributed by atoms with van der Waals surface area (Å²) in [4.78, 5) is 15.5. The summed E-state index contributed by atoms with van der Waals surface area (Å²) in [5.41, 5.74) is 5.14. The van der Waals surface area contributed by atoms with E-state index in [0.29, 0.717) is 17.9 Å². The number of benzene rings is 2. The van der Waals surface area contributed by atoms with Crippen molar-refractivity contribution in [2.24, 2.45) is 17.8 Å². The number of piperidine rings is 1. The van der Waals surface area contributed by atoms with Crippen molar-refractivity contribution >= 4 is 27.8 Å². The van der Waals surface area contributed by atoms with Gasteiger partial charge < -0.3 is 13.9 Å². The monoisotopic (exact) mass is 438 g/mol. The zero-order valence-corrected chi connectivity index (χ0v) is 19.4. The van der Waals surface area contributed by atoms with Gasteiger partial charge in [0.15, 0.2) is 5.76 Å². The lowest BCUT2D eigenvalue weighted by atomic mass is 10.0. The Balaban J connectivity index is 1.30. The zero-order chi connectivity index (χ0) is 22.3. The smallest absolute Gasteiger partial charge is 0.254 e. The Bertz CT molecular complexity index is 1410. The first-order valence-corrected chi connectivity index (χ1v) is 12.5. The molecular formula is C29H30N2O2. The fourth-order valence-corrected chi connectivity index (χ4v) is 6.47. The molecule has 2 saturated carbocycles. The number of furan rings is 1. The lowest BCUT2D eigenvalue weighted by Crippen LogP contribution is -2.38. The van der Waals surface area contributed by atoms with Crippen LogP contribution in [0.2, 0.25) is 0 Å². The topological polar surface area (TPSA) is 38.4 Å². The van der Waals surface area contributed by atoms with Crippen LogP contribution in [0.15, 0.2) is 52.9 Å². The second-order valence-corrected chi connectivity index (χ2v) is 10.6. The van der Waals surface area contributed by atoms with E-state index in [1.165, 1.54) is 30.2 Å². The lowest BCUT2D eigenvalue weighted by Gasteiger charge is -2.27. The molecule has 2 aliphatic carbocycles. The number of aromatic nitrogens is 1. The van der Waals surface area contributed by atoms with Crippen LogP contribution in [-0.4, -0.2) is 28.0 Å². The van der Waals surface area contributed by atoms with Crippen molar-refractivity contribution in [2.75, 3.05) is 6.54 Å². The Labute approximate surface area is 194 Å². The van der Waals surface area contributed by atoms with Gasteiger partial charge in [-0.3, -0.25) is 4.79 Å². The van der Waals surface area contributed by atoms with Crippen LogP contribution in [0, 0.1) is 24.7 Å². The summed E-state index contributed by atoms with van der Waals surface area (Å²) >= 11 is 0. The minimum absolute atomic E-state index is 0.161. The van der Waals surface area contributed by atoms with Gasteiger partial charge >= 0.3 is 0 Å². The molecule has 1 aliphatic heterocycles. The Hall–Kier alpha value is -3.01. The molecule has 2 bridgehead atoms. The molecule has 33 heavy (non-hydrogen) atoms. The maximum absolute atomic E-state index is 13.4. The van der Waals surface area contributed by atoms with Crippen molar-refractivity contribution < 1.29 is 9.21 Å². The molecule has 3 fully saturated rings. The first-order chi connectivity index (χ1) is 16.1. The average Bonchev–Trinajstić information content (AvgIpc) is 3.24. The molecule has 0 N–H and O–H groups in total. The van der Waals surface area contributed by atoms with Crippen LogP contribution in [-0.2, 0) is 6.54 Å². The van der Waals surface area contributed by atoms with E-state index < -0.39 is 0 Å². The van der Waals surface area contributed by atoms with Crippen molar-refractivity contribution in [2.45, 2.75) is 52.1 Å². The van der Waals surface area contributed by atoms with Gasteiger partial charge in [0.05, 0.1) is 5.69 Å². The molecule has 1 amide bonds. The third-order valence-corrected chi connectivity index (χ3v) is 8.64. The molecule has 1 saturated heterocycles. The number of nitrogens with zero attached hydrogens (tertiary/aromatic N) is 2. The van der Waals surface area contributed by atoms with Gasteiger partial charge in [-0.15, -0.1) is 0 Å². The SMILES string of the molecule is Cc1c(-c2cc3ccccc3n2CC2CC2)oc2cc(C(=O)N3CC4CCC3C4C)ccc12. The molecule has 2 aromatic carbocycles. The van der Waals surface area contributed by atoms with Gasteiger partial charge in [-0.2, -0.15) is 0 Å². The van der Waals surface area contributed by atoms with Crippen molar-refractivity contribution in [3.05, 3.63) is 59.7 Å². The molecule has 168 valence electrons. The van der Waals surface area contributed by atoms with Crippen LogP contribution in [0.1, 0.15) is 48.5 Å². The predicted molar refractivity (Wildman–Crippen MR) is 131 cm³/mol. The van der Waals surface area contributed by atoms with Crippen LogP contribution in [0.25, 0.3) is 33.3 Å². The van der Waals surface area contributed by atoms with E-state index in [1.54, 1.807) is 0 Å². The number of hydrogen-bond donors (Lipinski definition) is 0. The molecule has 3 atom stereocenters.